The van der Waals surface area contributed by atoms with E-state index in [1.54, 1.807) is 0 Å². The standard InChI is InChI=1S/C24H26N2O4/c27-13-24(7-8-24)16-3-1-14(2-4-16)18-5-6-19-20(26-18)10-17(25-19)9-15-11-29-23-21(28)12-30-22(15)23/h1-6,10,15,21-23,25,27-28H,7-9,11-13H2/t15-,21+,22+,23+/m0/s1. The van der Waals surface area contributed by atoms with E-state index in [2.05, 4.69) is 41.4 Å². The number of nitrogens with one attached hydrogen (secondary N) is 1. The second-order valence-corrected chi connectivity index (χ2v) is 9.07. The monoisotopic (exact) mass is 406 g/mol. The summed E-state index contributed by atoms with van der Waals surface area (Å²) in [5.74, 6) is 0.244. The van der Waals surface area contributed by atoms with Gasteiger partial charge in [0, 0.05) is 22.6 Å². The molecule has 30 heavy (non-hydrogen) atoms. The molecular formula is C24H26N2O4. The average molecular weight is 406 g/mol. The van der Waals surface area contributed by atoms with E-state index < -0.39 is 6.10 Å². The van der Waals surface area contributed by atoms with Gasteiger partial charge in [-0.15, -0.1) is 0 Å². The summed E-state index contributed by atoms with van der Waals surface area (Å²) in [5.41, 5.74) is 6.32. The third-order valence-corrected chi connectivity index (χ3v) is 7.09. The van der Waals surface area contributed by atoms with E-state index in [9.17, 15) is 10.2 Å². The number of hydrogen-bond acceptors (Lipinski definition) is 5. The highest BCUT2D eigenvalue weighted by molar-refractivity contribution is 5.79. The molecule has 2 saturated heterocycles. The second-order valence-electron chi connectivity index (χ2n) is 9.07. The lowest BCUT2D eigenvalue weighted by Gasteiger charge is -2.14. The first kappa shape index (κ1) is 18.5. The van der Waals surface area contributed by atoms with Crippen molar-refractivity contribution in [2.24, 2.45) is 5.92 Å². The molecule has 0 unspecified atom stereocenters. The van der Waals surface area contributed by atoms with Crippen molar-refractivity contribution in [3.8, 4) is 11.3 Å². The van der Waals surface area contributed by atoms with Crippen LogP contribution in [0, 0.1) is 5.92 Å². The van der Waals surface area contributed by atoms with Crippen molar-refractivity contribution in [3.63, 3.8) is 0 Å². The Bertz CT molecular complexity index is 1070. The van der Waals surface area contributed by atoms with Gasteiger partial charge in [-0.05, 0) is 43.0 Å². The molecule has 1 saturated carbocycles. The Hall–Kier alpha value is -2.25. The Morgan fingerprint density at radius 1 is 1.03 bits per heavy atom. The number of nitrogens with zero attached hydrogens (tertiary/aromatic N) is 1. The number of aromatic nitrogens is 2. The number of benzene rings is 1. The van der Waals surface area contributed by atoms with E-state index in [1.165, 1.54) is 5.56 Å². The van der Waals surface area contributed by atoms with E-state index in [0.717, 1.165) is 47.2 Å². The van der Waals surface area contributed by atoms with Crippen molar-refractivity contribution in [1.29, 1.82) is 0 Å². The number of fused-ring (bicyclic) bond motifs is 2. The van der Waals surface area contributed by atoms with Crippen LogP contribution in [0.5, 0.6) is 0 Å². The summed E-state index contributed by atoms with van der Waals surface area (Å²) in [6.45, 7) is 1.20. The molecule has 4 atom stereocenters. The molecule has 0 amide bonds. The van der Waals surface area contributed by atoms with E-state index in [0.29, 0.717) is 13.2 Å². The average Bonchev–Trinajstić information content (AvgIpc) is 3.10. The van der Waals surface area contributed by atoms with Gasteiger partial charge in [-0.1, -0.05) is 24.3 Å². The summed E-state index contributed by atoms with van der Waals surface area (Å²) in [4.78, 5) is 8.34. The van der Waals surface area contributed by atoms with Gasteiger partial charge in [0.2, 0.25) is 0 Å². The number of pyridine rings is 1. The highest BCUT2D eigenvalue weighted by Crippen LogP contribution is 2.47. The number of ether oxygens (including phenoxy) is 2. The predicted molar refractivity (Wildman–Crippen MR) is 112 cm³/mol. The predicted octanol–water partition coefficient (Wildman–Crippen LogP) is 2.57. The summed E-state index contributed by atoms with van der Waals surface area (Å²) >= 11 is 0. The minimum atomic E-state index is -0.509. The van der Waals surface area contributed by atoms with Gasteiger partial charge in [-0.2, -0.15) is 0 Å². The zero-order chi connectivity index (χ0) is 20.3. The van der Waals surface area contributed by atoms with Crippen LogP contribution in [0.2, 0.25) is 0 Å². The molecule has 1 aliphatic carbocycles. The highest BCUT2D eigenvalue weighted by atomic mass is 16.6. The van der Waals surface area contributed by atoms with E-state index >= 15 is 0 Å². The van der Waals surface area contributed by atoms with Crippen LogP contribution in [-0.4, -0.2) is 58.3 Å². The van der Waals surface area contributed by atoms with Crippen LogP contribution in [0.3, 0.4) is 0 Å². The molecule has 0 spiro atoms. The Balaban J connectivity index is 1.22. The zero-order valence-electron chi connectivity index (χ0n) is 16.8. The molecule has 0 radical (unpaired) electrons. The molecule has 2 aromatic heterocycles. The van der Waals surface area contributed by atoms with Crippen molar-refractivity contribution >= 4 is 11.0 Å². The topological polar surface area (TPSA) is 87.6 Å². The van der Waals surface area contributed by atoms with Crippen molar-refractivity contribution in [1.82, 2.24) is 9.97 Å². The van der Waals surface area contributed by atoms with E-state index in [1.807, 2.05) is 6.07 Å². The van der Waals surface area contributed by atoms with Gasteiger partial charge in [0.25, 0.3) is 0 Å². The lowest BCUT2D eigenvalue weighted by atomic mass is 9.95. The molecule has 6 heteroatoms. The largest absolute Gasteiger partial charge is 0.395 e. The molecule has 156 valence electrons. The van der Waals surface area contributed by atoms with Crippen LogP contribution >= 0.6 is 0 Å². The number of aromatic amines is 1. The first-order valence-electron chi connectivity index (χ1n) is 10.8. The Kier molecular flexibility index (Phi) is 4.25. The molecular weight excluding hydrogens is 380 g/mol. The van der Waals surface area contributed by atoms with Crippen LogP contribution < -0.4 is 0 Å². The lowest BCUT2D eigenvalue weighted by molar-refractivity contribution is 0.0169. The first-order chi connectivity index (χ1) is 14.6. The van der Waals surface area contributed by atoms with Gasteiger partial charge >= 0.3 is 0 Å². The minimum absolute atomic E-state index is 0.00646. The lowest BCUT2D eigenvalue weighted by Crippen LogP contribution is -2.29. The van der Waals surface area contributed by atoms with Crippen LogP contribution in [0.25, 0.3) is 22.3 Å². The molecule has 6 rings (SSSR count). The molecule has 3 aliphatic rings. The molecule has 3 N–H and O–H groups in total. The maximum absolute atomic E-state index is 9.94. The van der Waals surface area contributed by atoms with Crippen LogP contribution in [-0.2, 0) is 21.3 Å². The van der Waals surface area contributed by atoms with Gasteiger partial charge < -0.3 is 24.7 Å². The fraction of sp³-hybridized carbons (Fsp3) is 0.458. The van der Waals surface area contributed by atoms with Crippen LogP contribution in [0.15, 0.2) is 42.5 Å². The Morgan fingerprint density at radius 2 is 1.83 bits per heavy atom. The van der Waals surface area contributed by atoms with Gasteiger partial charge in [0.15, 0.2) is 0 Å². The third-order valence-electron chi connectivity index (χ3n) is 7.09. The smallest absolute Gasteiger partial charge is 0.112 e. The van der Waals surface area contributed by atoms with E-state index in [4.69, 9.17) is 14.5 Å². The first-order valence-corrected chi connectivity index (χ1v) is 10.8. The summed E-state index contributed by atoms with van der Waals surface area (Å²) < 4.78 is 11.5. The SMILES string of the molecule is OCC1(c2ccc(-c3ccc4[nH]c(C[C@H]5CO[C@H]6[C@@H]5OC[C@H]6O)cc4n3)cc2)CC1. The van der Waals surface area contributed by atoms with Crippen LogP contribution in [0.1, 0.15) is 24.1 Å². The number of aliphatic hydroxyl groups is 2. The highest BCUT2D eigenvalue weighted by Gasteiger charge is 2.47. The minimum Gasteiger partial charge on any atom is -0.395 e. The Morgan fingerprint density at radius 3 is 2.60 bits per heavy atom. The molecule has 0 bridgehead atoms. The summed E-state index contributed by atoms with van der Waals surface area (Å²) in [6, 6.07) is 14.7. The van der Waals surface area contributed by atoms with Crippen molar-refractivity contribution in [3.05, 3.63) is 53.7 Å². The summed E-state index contributed by atoms with van der Waals surface area (Å²) in [5, 5.41) is 19.6. The summed E-state index contributed by atoms with van der Waals surface area (Å²) in [6.07, 6.45) is 2.23. The summed E-state index contributed by atoms with van der Waals surface area (Å²) in [7, 11) is 0. The zero-order valence-corrected chi connectivity index (χ0v) is 16.8. The fourth-order valence-electron chi connectivity index (χ4n) is 5.03. The number of hydrogen-bond donors (Lipinski definition) is 3. The quantitative estimate of drug-likeness (QED) is 0.606. The number of aliphatic hydroxyl groups excluding tert-OH is 2. The maximum Gasteiger partial charge on any atom is 0.112 e. The molecule has 1 aromatic carbocycles. The molecule has 4 heterocycles. The van der Waals surface area contributed by atoms with Crippen molar-refractivity contribution < 1.29 is 19.7 Å². The normalized spacial score (nSPS) is 29.4. The van der Waals surface area contributed by atoms with Crippen molar-refractivity contribution in [2.75, 3.05) is 19.8 Å². The van der Waals surface area contributed by atoms with Crippen LogP contribution in [0.4, 0.5) is 0 Å². The maximum atomic E-state index is 9.94. The number of H-pyrrole nitrogens is 1. The fourth-order valence-corrected chi connectivity index (χ4v) is 5.03. The van der Waals surface area contributed by atoms with Gasteiger partial charge in [-0.3, -0.25) is 0 Å². The van der Waals surface area contributed by atoms with Gasteiger partial charge in [-0.25, -0.2) is 4.98 Å². The molecule has 3 aromatic rings. The molecule has 2 aliphatic heterocycles. The van der Waals surface area contributed by atoms with Crippen molar-refractivity contribution in [2.45, 2.75) is 43.0 Å². The number of rotatable bonds is 5. The third kappa shape index (κ3) is 2.98. The Labute approximate surface area is 174 Å². The molecule has 3 fully saturated rings. The van der Waals surface area contributed by atoms with E-state index in [-0.39, 0.29) is 30.1 Å². The molecule has 6 nitrogen and oxygen atoms in total. The van der Waals surface area contributed by atoms with Gasteiger partial charge in [0.05, 0.1) is 42.7 Å². The van der Waals surface area contributed by atoms with Gasteiger partial charge in [0.1, 0.15) is 12.2 Å². The second kappa shape index (κ2) is 6.89.